The van der Waals surface area contributed by atoms with E-state index < -0.39 is 11.9 Å². The van der Waals surface area contributed by atoms with Crippen molar-refractivity contribution in [3.8, 4) is 46.0 Å². The van der Waals surface area contributed by atoms with Crippen LogP contribution in [-0.4, -0.2) is 11.9 Å². The van der Waals surface area contributed by atoms with Gasteiger partial charge in [-0.25, -0.2) is 9.59 Å². The van der Waals surface area contributed by atoms with Gasteiger partial charge < -0.3 is 23.7 Å². The summed E-state index contributed by atoms with van der Waals surface area (Å²) in [7, 11) is 0. The number of hydrogen-bond donors (Lipinski definition) is 0. The Morgan fingerprint density at radius 3 is 0.925 bits per heavy atom. The number of hydrogen-bond acceptors (Lipinski definition) is 7. The van der Waals surface area contributed by atoms with Crippen LogP contribution in [0.25, 0.3) is 21.5 Å². The molecule has 8 aromatic rings. The van der Waals surface area contributed by atoms with E-state index in [1.54, 1.807) is 60.7 Å². The van der Waals surface area contributed by atoms with Gasteiger partial charge in [0.15, 0.2) is 0 Å². The van der Waals surface area contributed by atoms with Gasteiger partial charge in [0, 0.05) is 10.8 Å². The third-order valence-electron chi connectivity index (χ3n) is 8.44. The number of rotatable bonds is 10. The van der Waals surface area contributed by atoms with Crippen molar-refractivity contribution in [2.24, 2.45) is 0 Å². The average Bonchev–Trinajstić information content (AvgIpc) is 3.19. The Labute approximate surface area is 305 Å². The fraction of sp³-hybridized carbons (Fsp3) is 0. The predicted molar refractivity (Wildman–Crippen MR) is 204 cm³/mol. The second-order valence-corrected chi connectivity index (χ2v) is 11.9. The van der Waals surface area contributed by atoms with Crippen LogP contribution in [-0.2, 0) is 4.74 Å². The zero-order valence-electron chi connectivity index (χ0n) is 28.2. The lowest BCUT2D eigenvalue weighted by Gasteiger charge is -2.17. The number of benzene rings is 8. The van der Waals surface area contributed by atoms with Crippen molar-refractivity contribution in [2.45, 2.75) is 0 Å². The summed E-state index contributed by atoms with van der Waals surface area (Å²) in [5.41, 5.74) is 0.322. The smallest absolute Gasteiger partial charge is 0.346 e. The maximum Gasteiger partial charge on any atom is 0.346 e. The van der Waals surface area contributed by atoms with Crippen molar-refractivity contribution in [2.75, 3.05) is 0 Å². The summed E-state index contributed by atoms with van der Waals surface area (Å²) in [5, 5.41) is 2.05. The Bertz CT molecular complexity index is 2280. The van der Waals surface area contributed by atoms with Gasteiger partial charge in [-0.2, -0.15) is 0 Å². The van der Waals surface area contributed by atoms with Crippen molar-refractivity contribution in [1.82, 2.24) is 0 Å². The SMILES string of the molecule is O=C(OC(=O)c1ccc(Oc2ccccc2)c2c(Oc3ccccc3)cccc12)c1ccc(Oc2ccccc2)c2c(Oc3ccccc3)cccc12. The van der Waals surface area contributed by atoms with E-state index in [1.165, 1.54) is 0 Å². The fourth-order valence-corrected chi connectivity index (χ4v) is 6.04. The summed E-state index contributed by atoms with van der Waals surface area (Å²) in [6.45, 7) is 0. The summed E-state index contributed by atoms with van der Waals surface area (Å²) in [5.74, 6) is 2.62. The zero-order chi connectivity index (χ0) is 36.0. The lowest BCUT2D eigenvalue weighted by atomic mass is 10.0. The van der Waals surface area contributed by atoms with E-state index >= 15 is 0 Å². The molecule has 8 aromatic carbocycles. The molecule has 7 heteroatoms. The van der Waals surface area contributed by atoms with E-state index in [4.69, 9.17) is 23.7 Å². The van der Waals surface area contributed by atoms with Crippen molar-refractivity contribution in [1.29, 1.82) is 0 Å². The van der Waals surface area contributed by atoms with Gasteiger partial charge >= 0.3 is 11.9 Å². The molecular weight excluding hydrogens is 664 g/mol. The third-order valence-corrected chi connectivity index (χ3v) is 8.44. The minimum Gasteiger partial charge on any atom is -0.457 e. The van der Waals surface area contributed by atoms with Crippen LogP contribution >= 0.6 is 0 Å². The molecule has 0 radical (unpaired) electrons. The summed E-state index contributed by atoms with van der Waals surface area (Å²) in [6.07, 6.45) is 0. The molecule has 0 aliphatic heterocycles. The summed E-state index contributed by atoms with van der Waals surface area (Å²) < 4.78 is 30.8. The zero-order valence-corrected chi connectivity index (χ0v) is 28.2. The quantitative estimate of drug-likeness (QED) is 0.104. The number of carbonyl (C=O) groups is 2. The van der Waals surface area contributed by atoms with Crippen molar-refractivity contribution >= 4 is 33.5 Å². The number of esters is 2. The molecule has 7 nitrogen and oxygen atoms in total. The Balaban J connectivity index is 1.17. The van der Waals surface area contributed by atoms with Gasteiger partial charge in [-0.3, -0.25) is 0 Å². The number of ether oxygens (including phenoxy) is 5. The second kappa shape index (κ2) is 14.8. The topological polar surface area (TPSA) is 80.3 Å². The van der Waals surface area contributed by atoms with Crippen molar-refractivity contribution in [3.63, 3.8) is 0 Å². The lowest BCUT2D eigenvalue weighted by Crippen LogP contribution is -2.14. The minimum absolute atomic E-state index is 0.161. The highest BCUT2D eigenvalue weighted by molar-refractivity contribution is 6.15. The lowest BCUT2D eigenvalue weighted by molar-refractivity contribution is 0.0400. The Morgan fingerprint density at radius 1 is 0.302 bits per heavy atom. The van der Waals surface area contributed by atoms with Crippen LogP contribution in [0, 0.1) is 0 Å². The third kappa shape index (κ3) is 7.13. The Kier molecular flexibility index (Phi) is 9.19. The average molecular weight is 695 g/mol. The first-order chi connectivity index (χ1) is 26.1. The van der Waals surface area contributed by atoms with Gasteiger partial charge in [-0.05, 0) is 84.9 Å². The summed E-state index contributed by atoms with van der Waals surface area (Å²) in [6, 6.07) is 54.5. The number of carbonyl (C=O) groups excluding carboxylic acids is 2. The van der Waals surface area contributed by atoms with E-state index in [-0.39, 0.29) is 11.1 Å². The van der Waals surface area contributed by atoms with E-state index in [0.717, 1.165) is 0 Å². The molecule has 0 aliphatic rings. The first-order valence-corrected chi connectivity index (χ1v) is 16.9. The molecule has 0 N–H and O–H groups in total. The maximum atomic E-state index is 14.0. The van der Waals surface area contributed by atoms with E-state index in [2.05, 4.69) is 0 Å². The predicted octanol–water partition coefficient (Wildman–Crippen LogP) is 12.2. The van der Waals surface area contributed by atoms with E-state index in [9.17, 15) is 9.59 Å². The molecule has 0 spiro atoms. The molecule has 0 aromatic heterocycles. The molecule has 256 valence electrons. The largest absolute Gasteiger partial charge is 0.457 e. The molecule has 0 saturated carbocycles. The molecule has 0 bridgehead atoms. The molecule has 0 aliphatic carbocycles. The van der Waals surface area contributed by atoms with Crippen LogP contribution in [0.4, 0.5) is 0 Å². The van der Waals surface area contributed by atoms with E-state index in [1.807, 2.05) is 121 Å². The highest BCUT2D eigenvalue weighted by Gasteiger charge is 2.24. The van der Waals surface area contributed by atoms with E-state index in [0.29, 0.717) is 67.5 Å². The van der Waals surface area contributed by atoms with Crippen LogP contribution < -0.4 is 18.9 Å². The Morgan fingerprint density at radius 2 is 0.604 bits per heavy atom. The molecule has 0 saturated heterocycles. The first kappa shape index (κ1) is 32.8. The van der Waals surface area contributed by atoms with Gasteiger partial charge in [0.1, 0.15) is 46.0 Å². The van der Waals surface area contributed by atoms with Crippen LogP contribution in [0.15, 0.2) is 182 Å². The van der Waals surface area contributed by atoms with Gasteiger partial charge in [-0.1, -0.05) is 97.1 Å². The van der Waals surface area contributed by atoms with Crippen LogP contribution in [0.2, 0.25) is 0 Å². The van der Waals surface area contributed by atoms with Gasteiger partial charge in [0.05, 0.1) is 21.9 Å². The number of para-hydroxylation sites is 4. The van der Waals surface area contributed by atoms with Crippen LogP contribution in [0.3, 0.4) is 0 Å². The normalized spacial score (nSPS) is 10.8. The molecule has 0 amide bonds. The number of fused-ring (bicyclic) bond motifs is 2. The highest BCUT2D eigenvalue weighted by atomic mass is 16.6. The second-order valence-electron chi connectivity index (χ2n) is 11.9. The monoisotopic (exact) mass is 694 g/mol. The van der Waals surface area contributed by atoms with Gasteiger partial charge in [0.25, 0.3) is 0 Å². The van der Waals surface area contributed by atoms with Crippen LogP contribution in [0.5, 0.6) is 46.0 Å². The van der Waals surface area contributed by atoms with Crippen molar-refractivity contribution in [3.05, 3.63) is 193 Å². The molecule has 0 fully saturated rings. The van der Waals surface area contributed by atoms with Gasteiger partial charge in [-0.15, -0.1) is 0 Å². The van der Waals surface area contributed by atoms with Crippen LogP contribution in [0.1, 0.15) is 20.7 Å². The first-order valence-electron chi connectivity index (χ1n) is 16.9. The standard InChI is InChI=1S/C46H30O7/c47-45(37-27-29-41(51-33-19-9-3-10-20-33)43-35(37)23-13-25-39(43)49-31-15-5-1-6-16-31)53-46(48)38-28-30-42(52-34-21-11-4-12-22-34)44-36(38)24-14-26-40(44)50-32-17-7-2-8-18-32/h1-30H. The molecule has 0 atom stereocenters. The fourth-order valence-electron chi connectivity index (χ4n) is 6.04. The maximum absolute atomic E-state index is 14.0. The summed E-state index contributed by atoms with van der Waals surface area (Å²) in [4.78, 5) is 27.9. The summed E-state index contributed by atoms with van der Waals surface area (Å²) >= 11 is 0. The molecule has 53 heavy (non-hydrogen) atoms. The molecular formula is C46H30O7. The minimum atomic E-state index is -0.836. The van der Waals surface area contributed by atoms with Gasteiger partial charge in [0.2, 0.25) is 0 Å². The Hall–Kier alpha value is -7.38. The van der Waals surface area contributed by atoms with Crippen molar-refractivity contribution < 1.29 is 33.3 Å². The molecule has 8 rings (SSSR count). The highest BCUT2D eigenvalue weighted by Crippen LogP contribution is 2.42. The molecule has 0 unspecified atom stereocenters. The molecule has 0 heterocycles.